The molecule has 1 atom stereocenters. The molecule has 0 spiro atoms. The maximum Gasteiger partial charge on any atom is 0.269 e. The van der Waals surface area contributed by atoms with Crippen LogP contribution in [0.3, 0.4) is 0 Å². The Morgan fingerprint density at radius 3 is 2.90 bits per heavy atom. The molecule has 1 aliphatic rings. The van der Waals surface area contributed by atoms with E-state index >= 15 is 0 Å². The van der Waals surface area contributed by atoms with Crippen molar-refractivity contribution >= 4 is 33.4 Å². The lowest BCUT2D eigenvalue weighted by molar-refractivity contribution is -0.117. The van der Waals surface area contributed by atoms with E-state index in [-0.39, 0.29) is 17.6 Å². The average molecular weight is 350 g/mol. The normalized spacial score (nSPS) is 16.7. The summed E-state index contributed by atoms with van der Waals surface area (Å²) in [6.45, 7) is 0. The van der Waals surface area contributed by atoms with Gasteiger partial charge < -0.3 is 16.4 Å². The molecule has 21 heavy (non-hydrogen) atoms. The van der Waals surface area contributed by atoms with Crippen molar-refractivity contribution in [3.05, 3.63) is 40.1 Å². The fraction of sp³-hybridized carbons (Fsp3) is 0.154. The monoisotopic (exact) mass is 349 g/mol. The topological polar surface area (TPSA) is 102 Å². The second-order valence-electron chi connectivity index (χ2n) is 4.61. The van der Waals surface area contributed by atoms with E-state index in [1.165, 1.54) is 10.7 Å². The van der Waals surface area contributed by atoms with Gasteiger partial charge >= 0.3 is 0 Å². The Morgan fingerprint density at radius 2 is 2.29 bits per heavy atom. The molecule has 0 bridgehead atoms. The zero-order valence-corrected chi connectivity index (χ0v) is 12.6. The molecule has 7 nitrogen and oxygen atoms in total. The predicted octanol–water partition coefficient (Wildman–Crippen LogP) is 0.946. The number of carbonyl (C=O) groups excluding carboxylic acids is 2. The molecule has 0 saturated heterocycles. The first kappa shape index (κ1) is 13.8. The Balaban J connectivity index is 2.07. The summed E-state index contributed by atoms with van der Waals surface area (Å²) in [5, 5.41) is 9.88. The summed E-state index contributed by atoms with van der Waals surface area (Å²) in [5.74, 6) is -0.690. The number of nitrogens with one attached hydrogen (secondary N) is 2. The van der Waals surface area contributed by atoms with Gasteiger partial charge in [0.15, 0.2) is 0 Å². The fourth-order valence-corrected chi connectivity index (χ4v) is 2.86. The van der Waals surface area contributed by atoms with E-state index in [2.05, 4.69) is 31.7 Å². The lowest BCUT2D eigenvalue weighted by atomic mass is 10.1. The van der Waals surface area contributed by atoms with E-state index in [1.54, 1.807) is 19.3 Å². The molecule has 2 aromatic rings. The molecule has 2 amide bonds. The van der Waals surface area contributed by atoms with Gasteiger partial charge in [0.2, 0.25) is 5.91 Å². The van der Waals surface area contributed by atoms with Gasteiger partial charge in [0.25, 0.3) is 5.91 Å². The summed E-state index contributed by atoms with van der Waals surface area (Å²) in [6, 6.07) is 4.82. The lowest BCUT2D eigenvalue weighted by Gasteiger charge is -2.10. The number of halogens is 1. The van der Waals surface area contributed by atoms with Crippen molar-refractivity contribution in [1.82, 2.24) is 15.1 Å². The van der Waals surface area contributed by atoms with Crippen LogP contribution >= 0.6 is 15.9 Å². The van der Waals surface area contributed by atoms with Crippen LogP contribution in [-0.2, 0) is 4.79 Å². The lowest BCUT2D eigenvalue weighted by Crippen LogP contribution is -2.23. The minimum Gasteiger partial charge on any atom is -0.364 e. The first-order valence-electron chi connectivity index (χ1n) is 6.18. The molecular weight excluding hydrogens is 338 g/mol. The second-order valence-corrected chi connectivity index (χ2v) is 5.47. The number of nitrogens with zero attached hydrogens (tertiary/aromatic N) is 2. The van der Waals surface area contributed by atoms with Crippen LogP contribution in [0.15, 0.2) is 28.9 Å². The van der Waals surface area contributed by atoms with Gasteiger partial charge in [0.1, 0.15) is 11.7 Å². The highest BCUT2D eigenvalue weighted by Gasteiger charge is 2.30. The number of likely N-dealkylation sites (N-methyl/N-ethyl adjacent to an activating group) is 1. The van der Waals surface area contributed by atoms with E-state index in [9.17, 15) is 9.59 Å². The summed E-state index contributed by atoms with van der Waals surface area (Å²) in [7, 11) is 1.73. The number of rotatable bonds is 3. The van der Waals surface area contributed by atoms with E-state index in [1.807, 2.05) is 6.07 Å². The summed E-state index contributed by atoms with van der Waals surface area (Å²) in [5.41, 5.74) is 7.66. The fourth-order valence-electron chi connectivity index (χ4n) is 2.32. The number of aromatic nitrogens is 2. The number of fused-ring (bicyclic) bond motifs is 1. The molecule has 108 valence electrons. The smallest absolute Gasteiger partial charge is 0.269 e. The maximum absolute atomic E-state index is 11.8. The number of anilines is 1. The summed E-state index contributed by atoms with van der Waals surface area (Å²) >= 11 is 3.47. The van der Waals surface area contributed by atoms with E-state index in [0.29, 0.717) is 11.4 Å². The van der Waals surface area contributed by atoms with Gasteiger partial charge in [-0.15, -0.1) is 0 Å². The molecule has 3 rings (SSSR count). The minimum atomic E-state index is -0.588. The Labute approximate surface area is 128 Å². The third-order valence-electron chi connectivity index (χ3n) is 3.33. The van der Waals surface area contributed by atoms with E-state index < -0.39 is 5.91 Å². The van der Waals surface area contributed by atoms with E-state index in [0.717, 1.165) is 10.0 Å². The molecule has 4 N–H and O–H groups in total. The van der Waals surface area contributed by atoms with Crippen molar-refractivity contribution in [1.29, 1.82) is 0 Å². The zero-order chi connectivity index (χ0) is 15.1. The van der Waals surface area contributed by atoms with Crippen molar-refractivity contribution < 1.29 is 9.59 Å². The highest BCUT2D eigenvalue weighted by atomic mass is 79.9. The van der Waals surface area contributed by atoms with Crippen LogP contribution in [0.1, 0.15) is 22.1 Å². The summed E-state index contributed by atoms with van der Waals surface area (Å²) < 4.78 is 2.29. The van der Waals surface area contributed by atoms with Crippen molar-refractivity contribution in [2.75, 3.05) is 12.4 Å². The molecule has 0 radical (unpaired) electrons. The first-order chi connectivity index (χ1) is 10.0. The molecule has 0 fully saturated rings. The standard InChI is InChI=1S/C13H12BrN5O2/c1-16-11-6-4-7(14)10(5-9(6)17-13(11)21)19-3-2-8(18-19)12(15)20/h2-5,11,16H,1H3,(H2,15,20)(H,17,21). The quantitative estimate of drug-likeness (QED) is 0.767. The molecule has 1 aromatic heterocycles. The maximum atomic E-state index is 11.8. The molecule has 1 aliphatic heterocycles. The number of benzene rings is 1. The number of carbonyl (C=O) groups is 2. The molecule has 2 heterocycles. The van der Waals surface area contributed by atoms with Crippen LogP contribution in [0.4, 0.5) is 5.69 Å². The Bertz CT molecular complexity index is 755. The van der Waals surface area contributed by atoms with E-state index in [4.69, 9.17) is 5.73 Å². The van der Waals surface area contributed by atoms with Gasteiger partial charge in [-0.25, -0.2) is 4.68 Å². The summed E-state index contributed by atoms with van der Waals surface area (Å²) in [6.07, 6.45) is 1.64. The molecular formula is C13H12BrN5O2. The van der Waals surface area contributed by atoms with Gasteiger partial charge in [0.05, 0.1) is 5.69 Å². The highest BCUT2D eigenvalue weighted by molar-refractivity contribution is 9.10. The predicted molar refractivity (Wildman–Crippen MR) is 80.2 cm³/mol. The van der Waals surface area contributed by atoms with Crippen molar-refractivity contribution in [2.24, 2.45) is 5.73 Å². The van der Waals surface area contributed by atoms with Crippen LogP contribution in [0, 0.1) is 0 Å². The third-order valence-corrected chi connectivity index (χ3v) is 3.96. The van der Waals surface area contributed by atoms with Gasteiger partial charge in [-0.05, 0) is 41.2 Å². The number of nitrogens with two attached hydrogens (primary N) is 1. The van der Waals surface area contributed by atoms with Crippen LogP contribution in [0.5, 0.6) is 0 Å². The highest BCUT2D eigenvalue weighted by Crippen LogP contribution is 2.36. The van der Waals surface area contributed by atoms with Crippen molar-refractivity contribution in [3.63, 3.8) is 0 Å². The van der Waals surface area contributed by atoms with Gasteiger partial charge in [-0.2, -0.15) is 5.10 Å². The average Bonchev–Trinajstić information content (AvgIpc) is 3.01. The molecule has 0 aliphatic carbocycles. The Hall–Kier alpha value is -2.19. The summed E-state index contributed by atoms with van der Waals surface area (Å²) in [4.78, 5) is 23.0. The van der Waals surface area contributed by atoms with Gasteiger partial charge in [-0.1, -0.05) is 0 Å². The van der Waals surface area contributed by atoms with Crippen LogP contribution in [0.25, 0.3) is 5.69 Å². The molecule has 1 unspecified atom stereocenters. The van der Waals surface area contributed by atoms with Crippen molar-refractivity contribution in [3.8, 4) is 5.69 Å². The molecule has 1 aromatic carbocycles. The van der Waals surface area contributed by atoms with Crippen LogP contribution in [-0.4, -0.2) is 28.6 Å². The van der Waals surface area contributed by atoms with Crippen LogP contribution < -0.4 is 16.4 Å². The molecule has 8 heteroatoms. The largest absolute Gasteiger partial charge is 0.364 e. The minimum absolute atomic E-state index is 0.102. The zero-order valence-electron chi connectivity index (χ0n) is 11.1. The second kappa shape index (κ2) is 4.97. The SMILES string of the molecule is CNC1C(=O)Nc2cc(-n3ccc(C(N)=O)n3)c(Br)cc21. The number of hydrogen-bond acceptors (Lipinski definition) is 4. The van der Waals surface area contributed by atoms with Crippen molar-refractivity contribution in [2.45, 2.75) is 6.04 Å². The van der Waals surface area contributed by atoms with Gasteiger partial charge in [-0.3, -0.25) is 9.59 Å². The third kappa shape index (κ3) is 2.22. The van der Waals surface area contributed by atoms with Crippen LogP contribution in [0.2, 0.25) is 0 Å². The molecule has 0 saturated carbocycles. The number of primary amides is 1. The number of hydrogen-bond donors (Lipinski definition) is 3. The van der Waals surface area contributed by atoms with Gasteiger partial charge in [0, 0.05) is 21.9 Å². The Kier molecular flexibility index (Phi) is 3.26. The number of amides is 2. The first-order valence-corrected chi connectivity index (χ1v) is 6.98. The Morgan fingerprint density at radius 1 is 1.52 bits per heavy atom.